The second-order valence-electron chi connectivity index (χ2n) is 5.10. The Morgan fingerprint density at radius 1 is 1.33 bits per heavy atom. The molecule has 0 fully saturated rings. The lowest BCUT2D eigenvalue weighted by Crippen LogP contribution is -2.36. The summed E-state index contributed by atoms with van der Waals surface area (Å²) in [4.78, 5) is 24.7. The number of aryl methyl sites for hydroxylation is 2. The molecule has 0 spiro atoms. The molecule has 6 heteroatoms. The number of aromatic nitrogens is 2. The van der Waals surface area contributed by atoms with E-state index in [2.05, 4.69) is 5.10 Å². The molecule has 1 aliphatic heterocycles. The van der Waals surface area contributed by atoms with Crippen LogP contribution in [-0.4, -0.2) is 26.8 Å². The average Bonchev–Trinajstić information content (AvgIpc) is 2.83. The van der Waals surface area contributed by atoms with Crippen molar-refractivity contribution in [2.45, 2.75) is 26.4 Å². The van der Waals surface area contributed by atoms with Gasteiger partial charge in [0.1, 0.15) is 5.82 Å². The minimum absolute atomic E-state index is 0.0599. The molecular weight excluding hydrogens is 270 g/mol. The number of carboxylic acids is 1. The van der Waals surface area contributed by atoms with E-state index in [1.54, 1.807) is 29.2 Å². The first-order chi connectivity index (χ1) is 10.0. The summed E-state index contributed by atoms with van der Waals surface area (Å²) in [6.07, 6.45) is 0.432. The van der Waals surface area contributed by atoms with Crippen molar-refractivity contribution >= 4 is 17.7 Å². The van der Waals surface area contributed by atoms with E-state index in [9.17, 15) is 9.59 Å². The van der Waals surface area contributed by atoms with Crippen molar-refractivity contribution < 1.29 is 14.7 Å². The first-order valence-corrected chi connectivity index (χ1v) is 6.71. The van der Waals surface area contributed by atoms with Crippen molar-refractivity contribution in [3.8, 4) is 0 Å². The minimum Gasteiger partial charge on any atom is -0.478 e. The van der Waals surface area contributed by atoms with Crippen molar-refractivity contribution in [2.24, 2.45) is 0 Å². The molecule has 0 unspecified atom stereocenters. The summed E-state index contributed by atoms with van der Waals surface area (Å²) in [5.74, 6) is -0.0972. The van der Waals surface area contributed by atoms with Gasteiger partial charge in [0, 0.05) is 12.5 Å². The van der Waals surface area contributed by atoms with E-state index < -0.39 is 5.97 Å². The molecule has 0 radical (unpaired) electrons. The number of carbonyl (C=O) groups excluding carboxylic acids is 1. The van der Waals surface area contributed by atoms with E-state index in [0.717, 1.165) is 17.1 Å². The molecule has 2 aromatic rings. The second-order valence-corrected chi connectivity index (χ2v) is 5.10. The van der Waals surface area contributed by atoms with Crippen LogP contribution < -0.4 is 4.90 Å². The van der Waals surface area contributed by atoms with Crippen LogP contribution in [0.3, 0.4) is 0 Å². The van der Waals surface area contributed by atoms with Gasteiger partial charge in [-0.1, -0.05) is 12.1 Å². The highest BCUT2D eigenvalue weighted by Gasteiger charge is 2.25. The quantitative estimate of drug-likeness (QED) is 0.933. The molecule has 3 rings (SSSR count). The fourth-order valence-electron chi connectivity index (χ4n) is 2.48. The Kier molecular flexibility index (Phi) is 3.21. The normalized spacial score (nSPS) is 14.1. The van der Waals surface area contributed by atoms with Crippen LogP contribution in [0.5, 0.6) is 0 Å². The summed E-state index contributed by atoms with van der Waals surface area (Å²) in [5, 5.41) is 13.3. The molecule has 1 N–H and O–H groups in total. The largest absolute Gasteiger partial charge is 0.478 e. The van der Waals surface area contributed by atoms with E-state index in [1.807, 2.05) is 17.7 Å². The molecular formula is C15H15N3O3. The van der Waals surface area contributed by atoms with Gasteiger partial charge in [-0.15, -0.1) is 0 Å². The fourth-order valence-corrected chi connectivity index (χ4v) is 2.48. The number of amides is 1. The second kappa shape index (κ2) is 5.05. The fraction of sp³-hybridized carbons (Fsp3) is 0.267. The van der Waals surface area contributed by atoms with Crippen LogP contribution in [0.1, 0.15) is 28.0 Å². The molecule has 0 bridgehead atoms. The number of anilines is 1. The van der Waals surface area contributed by atoms with E-state index in [-0.39, 0.29) is 11.5 Å². The molecule has 108 valence electrons. The van der Waals surface area contributed by atoms with Crippen LogP contribution in [0.25, 0.3) is 0 Å². The third kappa shape index (κ3) is 2.52. The molecule has 1 aromatic heterocycles. The molecule has 1 aromatic carbocycles. The number of carbonyl (C=O) groups is 2. The number of hydrogen-bond acceptors (Lipinski definition) is 3. The molecule has 2 heterocycles. The molecule has 6 nitrogen and oxygen atoms in total. The average molecular weight is 285 g/mol. The lowest BCUT2D eigenvalue weighted by atomic mass is 10.1. The summed E-state index contributed by atoms with van der Waals surface area (Å²) in [7, 11) is 0. The number of benzene rings is 1. The monoisotopic (exact) mass is 285 g/mol. The van der Waals surface area contributed by atoms with Gasteiger partial charge in [0.05, 0.1) is 24.3 Å². The molecule has 0 saturated carbocycles. The smallest absolute Gasteiger partial charge is 0.335 e. The van der Waals surface area contributed by atoms with Gasteiger partial charge in [-0.05, 0) is 24.6 Å². The van der Waals surface area contributed by atoms with E-state index in [0.29, 0.717) is 19.5 Å². The highest BCUT2D eigenvalue weighted by molar-refractivity contribution is 5.93. The number of fused-ring (bicyclic) bond motifs is 1. The zero-order valence-electron chi connectivity index (χ0n) is 11.6. The lowest BCUT2D eigenvalue weighted by Gasteiger charge is -2.27. The maximum atomic E-state index is 12.1. The third-order valence-electron chi connectivity index (χ3n) is 3.54. The number of aromatic carboxylic acids is 1. The topological polar surface area (TPSA) is 75.4 Å². The Bertz CT molecular complexity index is 703. The maximum absolute atomic E-state index is 12.1. The molecule has 0 saturated heterocycles. The first kappa shape index (κ1) is 13.4. The molecule has 1 amide bonds. The van der Waals surface area contributed by atoms with Gasteiger partial charge in [-0.2, -0.15) is 5.10 Å². The Labute approximate surface area is 121 Å². The number of carboxylic acid groups (broad SMARTS) is 1. The van der Waals surface area contributed by atoms with Crippen LogP contribution >= 0.6 is 0 Å². The Morgan fingerprint density at radius 2 is 2.05 bits per heavy atom. The van der Waals surface area contributed by atoms with Gasteiger partial charge in [-0.25, -0.2) is 9.48 Å². The van der Waals surface area contributed by atoms with E-state index in [1.165, 1.54) is 0 Å². The van der Waals surface area contributed by atoms with Gasteiger partial charge in [0.2, 0.25) is 5.91 Å². The molecule has 1 aliphatic rings. The molecule has 0 atom stereocenters. The van der Waals surface area contributed by atoms with Crippen LogP contribution in [-0.2, 0) is 17.9 Å². The van der Waals surface area contributed by atoms with Crippen molar-refractivity contribution in [2.75, 3.05) is 4.90 Å². The summed E-state index contributed by atoms with van der Waals surface area (Å²) in [6.45, 7) is 2.93. The highest BCUT2D eigenvalue weighted by Crippen LogP contribution is 2.24. The van der Waals surface area contributed by atoms with E-state index in [4.69, 9.17) is 5.11 Å². The van der Waals surface area contributed by atoms with Crippen molar-refractivity contribution in [3.05, 3.63) is 47.2 Å². The van der Waals surface area contributed by atoms with Crippen LogP contribution in [0.2, 0.25) is 0 Å². The minimum atomic E-state index is -0.954. The highest BCUT2D eigenvalue weighted by atomic mass is 16.4. The van der Waals surface area contributed by atoms with Crippen LogP contribution in [0, 0.1) is 6.92 Å². The third-order valence-corrected chi connectivity index (χ3v) is 3.54. The summed E-state index contributed by atoms with van der Waals surface area (Å²) < 4.78 is 1.84. The summed E-state index contributed by atoms with van der Waals surface area (Å²) in [6, 6.07) is 8.46. The number of nitrogens with zero attached hydrogens (tertiary/aromatic N) is 3. The Morgan fingerprint density at radius 3 is 2.71 bits per heavy atom. The standard InChI is InChI=1S/C15H15N3O3/c1-10-8-13-17(14(19)6-7-18(13)16-10)9-11-2-4-12(5-3-11)15(20)21/h2-5,8H,6-7,9H2,1H3,(H,20,21). The van der Waals surface area contributed by atoms with Crippen LogP contribution in [0.15, 0.2) is 30.3 Å². The van der Waals surface area contributed by atoms with Crippen molar-refractivity contribution in [3.63, 3.8) is 0 Å². The Balaban J connectivity index is 1.86. The predicted octanol–water partition coefficient (Wildman–Crippen LogP) is 1.83. The van der Waals surface area contributed by atoms with Gasteiger partial charge in [0.15, 0.2) is 0 Å². The maximum Gasteiger partial charge on any atom is 0.335 e. The van der Waals surface area contributed by atoms with Crippen molar-refractivity contribution in [1.29, 1.82) is 0 Å². The first-order valence-electron chi connectivity index (χ1n) is 6.71. The SMILES string of the molecule is Cc1cc2n(n1)CCC(=O)N2Cc1ccc(C(=O)O)cc1. The molecule has 21 heavy (non-hydrogen) atoms. The predicted molar refractivity (Wildman–Crippen MR) is 76.2 cm³/mol. The van der Waals surface area contributed by atoms with Gasteiger partial charge < -0.3 is 5.11 Å². The zero-order chi connectivity index (χ0) is 15.0. The summed E-state index contributed by atoms with van der Waals surface area (Å²) >= 11 is 0. The van der Waals surface area contributed by atoms with Gasteiger partial charge in [0.25, 0.3) is 0 Å². The van der Waals surface area contributed by atoms with Crippen molar-refractivity contribution in [1.82, 2.24) is 9.78 Å². The number of rotatable bonds is 3. The van der Waals surface area contributed by atoms with E-state index >= 15 is 0 Å². The zero-order valence-corrected chi connectivity index (χ0v) is 11.6. The van der Waals surface area contributed by atoms with Crippen LogP contribution in [0.4, 0.5) is 5.82 Å². The number of hydrogen-bond donors (Lipinski definition) is 1. The lowest BCUT2D eigenvalue weighted by molar-refractivity contribution is -0.119. The summed E-state index contributed by atoms with van der Waals surface area (Å²) in [5.41, 5.74) is 2.01. The van der Waals surface area contributed by atoms with Gasteiger partial charge in [-0.3, -0.25) is 9.69 Å². The van der Waals surface area contributed by atoms with Gasteiger partial charge >= 0.3 is 5.97 Å². The Hall–Kier alpha value is -2.63. The molecule has 0 aliphatic carbocycles.